The van der Waals surface area contributed by atoms with Crippen LogP contribution in [-0.4, -0.2) is 14.6 Å². The van der Waals surface area contributed by atoms with Gasteiger partial charge < -0.3 is 5.73 Å². The Balaban J connectivity index is 2.28. The molecule has 18 heavy (non-hydrogen) atoms. The van der Waals surface area contributed by atoms with Crippen molar-refractivity contribution in [2.24, 2.45) is 0 Å². The zero-order valence-electron chi connectivity index (χ0n) is 9.76. The Hall–Kier alpha value is -2.43. The van der Waals surface area contributed by atoms with Crippen molar-refractivity contribution in [2.75, 3.05) is 5.73 Å². The van der Waals surface area contributed by atoms with Crippen LogP contribution in [0.15, 0.2) is 36.5 Å². The molecule has 0 radical (unpaired) electrons. The van der Waals surface area contributed by atoms with Gasteiger partial charge in [0.05, 0.1) is 0 Å². The fourth-order valence-corrected chi connectivity index (χ4v) is 1.90. The first kappa shape index (κ1) is 10.7. The van der Waals surface area contributed by atoms with Crippen molar-refractivity contribution in [1.82, 2.24) is 14.6 Å². The SMILES string of the molecule is Cc1ccn2c(-c3cc(F)ccc3N)nnc2c1. The van der Waals surface area contributed by atoms with Gasteiger partial charge in [-0.05, 0) is 42.8 Å². The molecular formula is C13H11FN4. The lowest BCUT2D eigenvalue weighted by Crippen LogP contribution is -1.95. The Labute approximate surface area is 103 Å². The average molecular weight is 242 g/mol. The maximum atomic E-state index is 13.3. The normalized spacial score (nSPS) is 11.0. The van der Waals surface area contributed by atoms with Crippen LogP contribution in [0.25, 0.3) is 17.0 Å². The van der Waals surface area contributed by atoms with Crippen molar-refractivity contribution in [1.29, 1.82) is 0 Å². The number of hydrogen-bond donors (Lipinski definition) is 1. The standard InChI is InChI=1S/C13H11FN4/c1-8-4-5-18-12(6-8)16-17-13(18)10-7-9(14)2-3-11(10)15/h2-7H,15H2,1H3. The molecule has 2 aromatic heterocycles. The molecule has 2 heterocycles. The molecular weight excluding hydrogens is 231 g/mol. The predicted molar refractivity (Wildman–Crippen MR) is 67.5 cm³/mol. The lowest BCUT2D eigenvalue weighted by atomic mass is 10.1. The first-order valence-electron chi connectivity index (χ1n) is 5.52. The predicted octanol–water partition coefficient (Wildman–Crippen LogP) is 2.43. The second kappa shape index (κ2) is 3.80. The highest BCUT2D eigenvalue weighted by atomic mass is 19.1. The first-order valence-corrected chi connectivity index (χ1v) is 5.52. The monoisotopic (exact) mass is 242 g/mol. The molecule has 2 N–H and O–H groups in total. The van der Waals surface area contributed by atoms with E-state index in [1.54, 1.807) is 4.40 Å². The van der Waals surface area contributed by atoms with Gasteiger partial charge >= 0.3 is 0 Å². The summed E-state index contributed by atoms with van der Waals surface area (Å²) in [7, 11) is 0. The van der Waals surface area contributed by atoms with Crippen LogP contribution in [-0.2, 0) is 0 Å². The fourth-order valence-electron chi connectivity index (χ4n) is 1.90. The van der Waals surface area contributed by atoms with E-state index in [1.165, 1.54) is 18.2 Å². The third kappa shape index (κ3) is 1.60. The van der Waals surface area contributed by atoms with E-state index in [4.69, 9.17) is 5.73 Å². The summed E-state index contributed by atoms with van der Waals surface area (Å²) in [5.41, 5.74) is 8.69. The lowest BCUT2D eigenvalue weighted by molar-refractivity contribution is 0.628. The summed E-state index contributed by atoms with van der Waals surface area (Å²) in [4.78, 5) is 0. The number of anilines is 1. The molecule has 0 atom stereocenters. The van der Waals surface area contributed by atoms with E-state index in [1.807, 2.05) is 25.3 Å². The van der Waals surface area contributed by atoms with Gasteiger partial charge in [-0.25, -0.2) is 4.39 Å². The molecule has 0 unspecified atom stereocenters. The maximum Gasteiger partial charge on any atom is 0.170 e. The molecule has 0 amide bonds. The minimum absolute atomic E-state index is 0.344. The summed E-state index contributed by atoms with van der Waals surface area (Å²) in [6, 6.07) is 8.07. The first-order chi connectivity index (χ1) is 8.65. The highest BCUT2D eigenvalue weighted by Crippen LogP contribution is 2.25. The highest BCUT2D eigenvalue weighted by Gasteiger charge is 2.11. The second-order valence-electron chi connectivity index (χ2n) is 4.19. The Morgan fingerprint density at radius 3 is 2.83 bits per heavy atom. The molecule has 0 aliphatic carbocycles. The Bertz CT molecular complexity index is 733. The molecule has 1 aromatic carbocycles. The number of benzene rings is 1. The van der Waals surface area contributed by atoms with Crippen molar-refractivity contribution >= 4 is 11.3 Å². The number of nitrogens with zero attached hydrogens (tertiary/aromatic N) is 3. The molecule has 5 heteroatoms. The summed E-state index contributed by atoms with van der Waals surface area (Å²) in [5.74, 6) is 0.199. The van der Waals surface area contributed by atoms with Crippen molar-refractivity contribution in [2.45, 2.75) is 6.92 Å². The van der Waals surface area contributed by atoms with E-state index in [2.05, 4.69) is 10.2 Å². The summed E-state index contributed by atoms with van der Waals surface area (Å²) >= 11 is 0. The molecule has 0 fully saturated rings. The van der Waals surface area contributed by atoms with Gasteiger partial charge in [0, 0.05) is 17.4 Å². The van der Waals surface area contributed by atoms with Crippen molar-refractivity contribution in [3.8, 4) is 11.4 Å². The van der Waals surface area contributed by atoms with E-state index in [0.29, 0.717) is 22.7 Å². The van der Waals surface area contributed by atoms with Gasteiger partial charge in [0.15, 0.2) is 11.5 Å². The van der Waals surface area contributed by atoms with Gasteiger partial charge in [0.1, 0.15) is 5.82 Å². The molecule has 4 nitrogen and oxygen atoms in total. The number of nitrogens with two attached hydrogens (primary N) is 1. The third-order valence-electron chi connectivity index (χ3n) is 2.82. The highest BCUT2D eigenvalue weighted by molar-refractivity contribution is 5.73. The van der Waals surface area contributed by atoms with Crippen molar-refractivity contribution < 1.29 is 4.39 Å². The topological polar surface area (TPSA) is 56.2 Å². The van der Waals surface area contributed by atoms with E-state index in [-0.39, 0.29) is 5.82 Å². The quantitative estimate of drug-likeness (QED) is 0.667. The summed E-state index contributed by atoms with van der Waals surface area (Å²) < 4.78 is 15.1. The molecule has 3 rings (SSSR count). The number of hydrogen-bond acceptors (Lipinski definition) is 3. The van der Waals surface area contributed by atoms with E-state index in [0.717, 1.165) is 5.56 Å². The van der Waals surface area contributed by atoms with Crippen LogP contribution in [0.4, 0.5) is 10.1 Å². The zero-order chi connectivity index (χ0) is 12.7. The smallest absolute Gasteiger partial charge is 0.170 e. The molecule has 0 bridgehead atoms. The second-order valence-corrected chi connectivity index (χ2v) is 4.19. The van der Waals surface area contributed by atoms with E-state index >= 15 is 0 Å². The van der Waals surface area contributed by atoms with Crippen LogP contribution in [0, 0.1) is 12.7 Å². The Morgan fingerprint density at radius 1 is 1.17 bits per heavy atom. The Kier molecular flexibility index (Phi) is 2.26. The average Bonchev–Trinajstić information content (AvgIpc) is 2.75. The van der Waals surface area contributed by atoms with Gasteiger partial charge in [0.25, 0.3) is 0 Å². The Morgan fingerprint density at radius 2 is 2.00 bits per heavy atom. The molecule has 0 aliphatic rings. The molecule has 3 aromatic rings. The molecule has 0 aliphatic heterocycles. The molecule has 90 valence electrons. The van der Waals surface area contributed by atoms with E-state index in [9.17, 15) is 4.39 Å². The van der Waals surface area contributed by atoms with Crippen LogP contribution in [0.5, 0.6) is 0 Å². The van der Waals surface area contributed by atoms with Gasteiger partial charge in [-0.2, -0.15) is 0 Å². The van der Waals surface area contributed by atoms with Gasteiger partial charge in [-0.15, -0.1) is 10.2 Å². The van der Waals surface area contributed by atoms with Gasteiger partial charge in [-0.1, -0.05) is 0 Å². The number of fused-ring (bicyclic) bond motifs is 1. The number of rotatable bonds is 1. The minimum Gasteiger partial charge on any atom is -0.398 e. The summed E-state index contributed by atoms with van der Waals surface area (Å²) in [6.45, 7) is 1.98. The number of pyridine rings is 1. The van der Waals surface area contributed by atoms with Crippen molar-refractivity contribution in [3.05, 3.63) is 47.9 Å². The number of aryl methyl sites for hydroxylation is 1. The molecule has 0 saturated carbocycles. The summed E-state index contributed by atoms with van der Waals surface area (Å²) in [6.07, 6.45) is 1.85. The molecule has 0 saturated heterocycles. The number of nitrogen functional groups attached to an aromatic ring is 1. The van der Waals surface area contributed by atoms with Crippen LogP contribution >= 0.6 is 0 Å². The largest absolute Gasteiger partial charge is 0.398 e. The molecule has 0 spiro atoms. The van der Waals surface area contributed by atoms with Gasteiger partial charge in [-0.3, -0.25) is 4.40 Å². The van der Waals surface area contributed by atoms with Gasteiger partial charge in [0.2, 0.25) is 0 Å². The minimum atomic E-state index is -0.344. The lowest BCUT2D eigenvalue weighted by Gasteiger charge is -2.04. The number of aromatic nitrogens is 3. The maximum absolute atomic E-state index is 13.3. The number of halogens is 1. The van der Waals surface area contributed by atoms with Crippen LogP contribution in [0.1, 0.15) is 5.56 Å². The third-order valence-corrected chi connectivity index (χ3v) is 2.82. The van der Waals surface area contributed by atoms with Crippen LogP contribution in [0.2, 0.25) is 0 Å². The summed E-state index contributed by atoms with van der Waals surface area (Å²) in [5, 5.41) is 8.14. The zero-order valence-corrected chi connectivity index (χ0v) is 9.76. The van der Waals surface area contributed by atoms with Crippen LogP contribution < -0.4 is 5.73 Å². The van der Waals surface area contributed by atoms with Crippen molar-refractivity contribution in [3.63, 3.8) is 0 Å². The fraction of sp³-hybridized carbons (Fsp3) is 0.0769. The van der Waals surface area contributed by atoms with Crippen LogP contribution in [0.3, 0.4) is 0 Å². The van der Waals surface area contributed by atoms with E-state index < -0.39 is 0 Å².